The quantitative estimate of drug-likeness (QED) is 0.907. The van der Waals surface area contributed by atoms with Crippen molar-refractivity contribution in [1.29, 1.82) is 0 Å². The Hall–Kier alpha value is -1.37. The number of rotatable bonds is 4. The van der Waals surface area contributed by atoms with Crippen LogP contribution in [0.2, 0.25) is 0 Å². The molecule has 2 atom stereocenters. The van der Waals surface area contributed by atoms with Crippen molar-refractivity contribution in [2.75, 3.05) is 6.54 Å². The Labute approximate surface area is 118 Å². The molecule has 1 heterocycles. The lowest BCUT2D eigenvalue weighted by atomic mass is 9.93. The zero-order chi connectivity index (χ0) is 14.8. The van der Waals surface area contributed by atoms with Crippen molar-refractivity contribution in [1.82, 2.24) is 0 Å². The molecule has 2 unspecified atom stereocenters. The minimum absolute atomic E-state index is 0.165. The van der Waals surface area contributed by atoms with Gasteiger partial charge >= 0.3 is 6.18 Å². The van der Waals surface area contributed by atoms with E-state index in [1.807, 2.05) is 17.5 Å². The molecule has 0 radical (unpaired) electrons. The zero-order valence-corrected chi connectivity index (χ0v) is 11.3. The molecule has 2 nitrogen and oxygen atoms in total. The molecule has 0 saturated heterocycles. The van der Waals surface area contributed by atoms with E-state index < -0.39 is 23.8 Å². The third-order valence-electron chi connectivity index (χ3n) is 3.10. The average Bonchev–Trinajstić information content (AvgIpc) is 2.92. The minimum atomic E-state index is -4.42. The summed E-state index contributed by atoms with van der Waals surface area (Å²) in [6, 6.07) is 8.37. The lowest BCUT2D eigenvalue weighted by Gasteiger charge is -2.21. The summed E-state index contributed by atoms with van der Waals surface area (Å²) in [5, 5.41) is 12.1. The molecule has 108 valence electrons. The summed E-state index contributed by atoms with van der Waals surface area (Å²) in [6.45, 7) is 0.165. The van der Waals surface area contributed by atoms with E-state index in [1.165, 1.54) is 23.5 Å². The predicted molar refractivity (Wildman–Crippen MR) is 72.5 cm³/mol. The van der Waals surface area contributed by atoms with Crippen molar-refractivity contribution in [2.45, 2.75) is 18.2 Å². The van der Waals surface area contributed by atoms with E-state index in [9.17, 15) is 18.3 Å². The summed E-state index contributed by atoms with van der Waals surface area (Å²) in [4.78, 5) is 0.859. The molecule has 2 rings (SSSR count). The van der Waals surface area contributed by atoms with Crippen LogP contribution in [-0.4, -0.2) is 11.7 Å². The normalized spacial score (nSPS) is 15.1. The van der Waals surface area contributed by atoms with Crippen molar-refractivity contribution in [2.24, 2.45) is 5.73 Å². The highest BCUT2D eigenvalue weighted by molar-refractivity contribution is 7.10. The number of aliphatic hydroxyl groups is 1. The number of hydrogen-bond donors (Lipinski definition) is 2. The van der Waals surface area contributed by atoms with Crippen LogP contribution < -0.4 is 5.73 Å². The van der Waals surface area contributed by atoms with Crippen LogP contribution in [0.4, 0.5) is 13.2 Å². The third kappa shape index (κ3) is 3.20. The second kappa shape index (κ2) is 5.95. The number of hydrogen-bond acceptors (Lipinski definition) is 3. The van der Waals surface area contributed by atoms with Crippen molar-refractivity contribution >= 4 is 11.3 Å². The Bertz CT molecular complexity index is 554. The number of aliphatic hydroxyl groups excluding tert-OH is 1. The molecule has 6 heteroatoms. The molecule has 20 heavy (non-hydrogen) atoms. The monoisotopic (exact) mass is 301 g/mol. The van der Waals surface area contributed by atoms with Crippen LogP contribution in [0.1, 0.15) is 28.0 Å². The van der Waals surface area contributed by atoms with E-state index in [-0.39, 0.29) is 12.1 Å². The molecule has 0 aliphatic rings. The Balaban J connectivity index is 2.30. The van der Waals surface area contributed by atoms with Gasteiger partial charge < -0.3 is 10.8 Å². The Kier molecular flexibility index (Phi) is 4.47. The van der Waals surface area contributed by atoms with Gasteiger partial charge in [-0.3, -0.25) is 0 Å². The molecular formula is C14H14F3NOS. The summed E-state index contributed by atoms with van der Waals surface area (Å²) in [7, 11) is 0. The molecule has 0 saturated carbocycles. The van der Waals surface area contributed by atoms with E-state index in [2.05, 4.69) is 0 Å². The van der Waals surface area contributed by atoms with Crippen molar-refractivity contribution in [3.63, 3.8) is 0 Å². The van der Waals surface area contributed by atoms with Gasteiger partial charge in [0, 0.05) is 17.3 Å². The van der Waals surface area contributed by atoms with Crippen LogP contribution in [0.15, 0.2) is 41.8 Å². The zero-order valence-electron chi connectivity index (χ0n) is 10.5. The first kappa shape index (κ1) is 15.0. The van der Waals surface area contributed by atoms with Crippen LogP contribution >= 0.6 is 11.3 Å². The summed E-state index contributed by atoms with van der Waals surface area (Å²) in [5.41, 5.74) is 5.11. The molecule has 0 spiro atoms. The number of nitrogens with two attached hydrogens (primary N) is 1. The maximum atomic E-state index is 12.7. The van der Waals surface area contributed by atoms with Gasteiger partial charge in [0.15, 0.2) is 0 Å². The first-order valence-electron chi connectivity index (χ1n) is 6.02. The molecule has 0 aliphatic heterocycles. The van der Waals surface area contributed by atoms with E-state index >= 15 is 0 Å². The van der Waals surface area contributed by atoms with Gasteiger partial charge in [0.05, 0.1) is 11.7 Å². The fourth-order valence-electron chi connectivity index (χ4n) is 2.03. The standard InChI is InChI=1S/C14H14F3NOS/c15-14(16,17)10-4-1-3-9(7-10)13(19)11(8-18)12-5-2-6-20-12/h1-7,11,13,19H,8,18H2. The second-order valence-corrected chi connectivity index (χ2v) is 5.40. The first-order chi connectivity index (χ1) is 9.43. The third-order valence-corrected chi connectivity index (χ3v) is 4.10. The minimum Gasteiger partial charge on any atom is -0.388 e. The molecule has 0 fully saturated rings. The molecule has 0 bridgehead atoms. The second-order valence-electron chi connectivity index (χ2n) is 4.43. The highest BCUT2D eigenvalue weighted by atomic mass is 32.1. The highest BCUT2D eigenvalue weighted by Crippen LogP contribution is 2.35. The molecule has 0 amide bonds. The molecule has 0 aliphatic carbocycles. The smallest absolute Gasteiger partial charge is 0.388 e. The summed E-state index contributed by atoms with van der Waals surface area (Å²) in [5.74, 6) is -0.404. The van der Waals surface area contributed by atoms with Crippen LogP contribution in [0.5, 0.6) is 0 Å². The van der Waals surface area contributed by atoms with Crippen molar-refractivity contribution < 1.29 is 18.3 Å². The van der Waals surface area contributed by atoms with Gasteiger partial charge in [-0.25, -0.2) is 0 Å². The average molecular weight is 301 g/mol. The maximum Gasteiger partial charge on any atom is 0.416 e. The number of halogens is 3. The fraction of sp³-hybridized carbons (Fsp3) is 0.286. The predicted octanol–water partition coefficient (Wildman–Crippen LogP) is 3.54. The molecular weight excluding hydrogens is 287 g/mol. The van der Waals surface area contributed by atoms with Crippen LogP contribution in [0.25, 0.3) is 0 Å². The van der Waals surface area contributed by atoms with E-state index in [0.717, 1.165) is 17.0 Å². The first-order valence-corrected chi connectivity index (χ1v) is 6.90. The summed E-state index contributed by atoms with van der Waals surface area (Å²) >= 11 is 1.43. The Morgan fingerprint density at radius 3 is 2.50 bits per heavy atom. The number of thiophene rings is 1. The SMILES string of the molecule is NCC(c1cccs1)C(O)c1cccc(C(F)(F)F)c1. The van der Waals surface area contributed by atoms with Crippen molar-refractivity contribution in [3.05, 3.63) is 57.8 Å². The highest BCUT2D eigenvalue weighted by Gasteiger charge is 2.31. The largest absolute Gasteiger partial charge is 0.416 e. The van der Waals surface area contributed by atoms with Gasteiger partial charge in [-0.15, -0.1) is 11.3 Å². The summed E-state index contributed by atoms with van der Waals surface area (Å²) < 4.78 is 38.1. The lowest BCUT2D eigenvalue weighted by Crippen LogP contribution is -2.19. The van der Waals surface area contributed by atoms with Gasteiger partial charge in [0.25, 0.3) is 0 Å². The fourth-order valence-corrected chi connectivity index (χ4v) is 2.91. The number of benzene rings is 1. The van der Waals surface area contributed by atoms with Gasteiger partial charge in [0.1, 0.15) is 0 Å². The summed E-state index contributed by atoms with van der Waals surface area (Å²) in [6.07, 6.45) is -5.47. The molecule has 2 aromatic rings. The van der Waals surface area contributed by atoms with Gasteiger partial charge in [-0.2, -0.15) is 13.2 Å². The number of alkyl halides is 3. The van der Waals surface area contributed by atoms with Crippen LogP contribution in [0.3, 0.4) is 0 Å². The molecule has 1 aromatic heterocycles. The van der Waals surface area contributed by atoms with Crippen molar-refractivity contribution in [3.8, 4) is 0 Å². The van der Waals surface area contributed by atoms with Gasteiger partial charge in [0.2, 0.25) is 0 Å². The molecule has 3 N–H and O–H groups in total. The Morgan fingerprint density at radius 1 is 1.20 bits per heavy atom. The van der Waals surface area contributed by atoms with Gasteiger partial charge in [-0.1, -0.05) is 18.2 Å². The topological polar surface area (TPSA) is 46.2 Å². The lowest BCUT2D eigenvalue weighted by molar-refractivity contribution is -0.137. The van der Waals surface area contributed by atoms with Crippen LogP contribution in [0, 0.1) is 0 Å². The van der Waals surface area contributed by atoms with Crippen LogP contribution in [-0.2, 0) is 6.18 Å². The maximum absolute atomic E-state index is 12.7. The van der Waals surface area contributed by atoms with E-state index in [4.69, 9.17) is 5.73 Å². The Morgan fingerprint density at radius 2 is 1.95 bits per heavy atom. The molecule has 1 aromatic carbocycles. The van der Waals surface area contributed by atoms with E-state index in [0.29, 0.717) is 0 Å². The van der Waals surface area contributed by atoms with Gasteiger partial charge in [-0.05, 0) is 29.1 Å². The van der Waals surface area contributed by atoms with E-state index in [1.54, 1.807) is 0 Å².